The quantitative estimate of drug-likeness (QED) is 0.852. The summed E-state index contributed by atoms with van der Waals surface area (Å²) in [5, 5.41) is 8.30. The van der Waals surface area contributed by atoms with Gasteiger partial charge in [0.05, 0.1) is 16.6 Å². The van der Waals surface area contributed by atoms with Crippen LogP contribution in [0.3, 0.4) is 0 Å². The summed E-state index contributed by atoms with van der Waals surface area (Å²) in [7, 11) is 0. The van der Waals surface area contributed by atoms with Gasteiger partial charge < -0.3 is 4.57 Å². The van der Waals surface area contributed by atoms with Gasteiger partial charge in [-0.3, -0.25) is 10.2 Å². The fourth-order valence-corrected chi connectivity index (χ4v) is 1.74. The van der Waals surface area contributed by atoms with E-state index < -0.39 is 0 Å². The first-order valence-electron chi connectivity index (χ1n) is 5.12. The monoisotopic (exact) mass is 361 g/mol. The summed E-state index contributed by atoms with van der Waals surface area (Å²) < 4.78 is 1.45. The highest BCUT2D eigenvalue weighted by molar-refractivity contribution is 8.93. The Morgan fingerprint density at radius 1 is 1.32 bits per heavy atom. The van der Waals surface area contributed by atoms with Gasteiger partial charge in [0.1, 0.15) is 0 Å². The van der Waals surface area contributed by atoms with E-state index in [2.05, 4.69) is 4.98 Å². The van der Waals surface area contributed by atoms with E-state index in [1.54, 1.807) is 24.4 Å². The van der Waals surface area contributed by atoms with Crippen LogP contribution >= 0.6 is 40.2 Å². The minimum atomic E-state index is -0.153. The number of carbonyl (C=O) groups excluding carboxylic acids is 1. The molecule has 0 atom stereocenters. The highest BCUT2D eigenvalue weighted by Gasteiger charge is 2.09. The molecule has 7 heteroatoms. The van der Waals surface area contributed by atoms with Crippen LogP contribution in [0.4, 0.5) is 0 Å². The van der Waals surface area contributed by atoms with E-state index in [9.17, 15) is 4.79 Å². The Labute approximate surface area is 130 Å². The molecule has 0 spiro atoms. The average Bonchev–Trinajstić information content (AvgIpc) is 2.35. The molecule has 0 fully saturated rings. The van der Waals surface area contributed by atoms with Crippen molar-refractivity contribution in [1.82, 2.24) is 9.55 Å². The number of ketones is 1. The molecule has 19 heavy (non-hydrogen) atoms. The number of carbonyl (C=O) groups is 1. The second-order valence-corrected chi connectivity index (χ2v) is 4.44. The van der Waals surface area contributed by atoms with Crippen molar-refractivity contribution < 1.29 is 4.79 Å². The lowest BCUT2D eigenvalue weighted by Crippen LogP contribution is -2.25. The van der Waals surface area contributed by atoms with Crippen molar-refractivity contribution >= 4 is 46.0 Å². The number of hydrogen-bond donors (Lipinski definition) is 1. The van der Waals surface area contributed by atoms with Crippen LogP contribution in [-0.4, -0.2) is 15.3 Å². The predicted octanol–water partition coefficient (Wildman–Crippen LogP) is 3.13. The maximum Gasteiger partial charge on any atom is 0.222 e. The van der Waals surface area contributed by atoms with Crippen LogP contribution in [0.2, 0.25) is 10.0 Å². The van der Waals surface area contributed by atoms with Crippen molar-refractivity contribution in [3.05, 3.63) is 57.9 Å². The smallest absolute Gasteiger partial charge is 0.222 e. The lowest BCUT2D eigenvalue weighted by atomic mass is 10.1. The van der Waals surface area contributed by atoms with Crippen LogP contribution in [0, 0.1) is 5.41 Å². The molecule has 2 rings (SSSR count). The zero-order valence-electron chi connectivity index (χ0n) is 9.64. The molecule has 0 saturated heterocycles. The summed E-state index contributed by atoms with van der Waals surface area (Å²) in [6, 6.07) is 6.37. The molecule has 1 heterocycles. The molecule has 0 aliphatic heterocycles. The highest BCUT2D eigenvalue weighted by Crippen LogP contribution is 2.22. The number of nitrogens with zero attached hydrogens (tertiary/aromatic N) is 2. The second kappa shape index (κ2) is 6.84. The van der Waals surface area contributed by atoms with Crippen molar-refractivity contribution in [2.75, 3.05) is 0 Å². The largest absolute Gasteiger partial charge is 0.310 e. The van der Waals surface area contributed by atoms with Crippen LogP contribution in [0.15, 0.2) is 36.7 Å². The maximum atomic E-state index is 12.0. The van der Waals surface area contributed by atoms with E-state index in [1.807, 2.05) is 0 Å². The van der Waals surface area contributed by atoms with Gasteiger partial charge in [-0.05, 0) is 24.3 Å². The summed E-state index contributed by atoms with van der Waals surface area (Å²) in [5.74, 6) is -0.153. The highest BCUT2D eigenvalue weighted by atomic mass is 79.9. The molecule has 0 bridgehead atoms. The molecule has 4 nitrogen and oxygen atoms in total. The molecule has 1 aromatic heterocycles. The predicted molar refractivity (Wildman–Crippen MR) is 79.2 cm³/mol. The van der Waals surface area contributed by atoms with Gasteiger partial charge in [0.15, 0.2) is 5.78 Å². The van der Waals surface area contributed by atoms with E-state index >= 15 is 0 Å². The van der Waals surface area contributed by atoms with Gasteiger partial charge in [-0.2, -0.15) is 0 Å². The van der Waals surface area contributed by atoms with Crippen molar-refractivity contribution in [1.29, 1.82) is 5.41 Å². The maximum absolute atomic E-state index is 12.0. The number of nitrogens with one attached hydrogen (secondary N) is 1. The molecule has 2 aromatic rings. The van der Waals surface area contributed by atoms with Gasteiger partial charge in [-0.1, -0.05) is 23.2 Å². The van der Waals surface area contributed by atoms with E-state index in [1.165, 1.54) is 16.8 Å². The van der Waals surface area contributed by atoms with Crippen LogP contribution in [0.5, 0.6) is 0 Å². The Bertz CT molecular complexity index is 657. The number of Topliss-reactive ketones (excluding diaryl/α,β-unsaturated/α-hetero) is 1. The Morgan fingerprint density at radius 3 is 2.68 bits per heavy atom. The molecule has 1 aromatic carbocycles. The van der Waals surface area contributed by atoms with Crippen LogP contribution in [-0.2, 0) is 6.54 Å². The zero-order chi connectivity index (χ0) is 13.1. The third kappa shape index (κ3) is 3.89. The molecule has 0 radical (unpaired) electrons. The van der Waals surface area contributed by atoms with Gasteiger partial charge in [-0.15, -0.1) is 17.0 Å². The first-order valence-corrected chi connectivity index (χ1v) is 5.88. The van der Waals surface area contributed by atoms with E-state index in [0.717, 1.165) is 0 Å². The summed E-state index contributed by atoms with van der Waals surface area (Å²) in [6.45, 7) is 0.0463. The number of aromatic nitrogens is 2. The number of hydrogen-bond acceptors (Lipinski definition) is 3. The molecular weight excluding hydrogens is 353 g/mol. The molecule has 0 unspecified atom stereocenters. The summed E-state index contributed by atoms with van der Waals surface area (Å²) in [4.78, 5) is 15.8. The molecule has 100 valence electrons. The fraction of sp³-hybridized carbons (Fsp3) is 0.0833. The third-order valence-electron chi connectivity index (χ3n) is 2.38. The van der Waals surface area contributed by atoms with Crippen molar-refractivity contribution in [2.45, 2.75) is 6.54 Å². The first-order chi connectivity index (χ1) is 8.58. The Kier molecular flexibility index (Phi) is 5.72. The van der Waals surface area contributed by atoms with Gasteiger partial charge in [0, 0.05) is 18.0 Å². The number of halogens is 3. The third-order valence-corrected chi connectivity index (χ3v) is 3.12. The van der Waals surface area contributed by atoms with E-state index in [-0.39, 0.29) is 34.9 Å². The summed E-state index contributed by atoms with van der Waals surface area (Å²) >= 11 is 11.6. The Morgan fingerprint density at radius 2 is 2.05 bits per heavy atom. The Balaban J connectivity index is 0.00000180. The number of rotatable bonds is 3. The van der Waals surface area contributed by atoms with Gasteiger partial charge >= 0.3 is 0 Å². The molecule has 0 amide bonds. The Hall–Kier alpha value is -1.17. The van der Waals surface area contributed by atoms with Crippen LogP contribution in [0.1, 0.15) is 10.4 Å². The van der Waals surface area contributed by atoms with Gasteiger partial charge in [0.25, 0.3) is 0 Å². The molecule has 0 aliphatic rings. The minimum absolute atomic E-state index is 0. The van der Waals surface area contributed by atoms with Gasteiger partial charge in [-0.25, -0.2) is 4.98 Å². The first kappa shape index (κ1) is 15.9. The molecular formula is C12H10BrCl2N3O. The fourth-order valence-electron chi connectivity index (χ4n) is 1.44. The normalized spacial score (nSPS) is 9.79. The van der Waals surface area contributed by atoms with Crippen molar-refractivity contribution in [3.63, 3.8) is 0 Å². The summed E-state index contributed by atoms with van der Waals surface area (Å²) in [6.07, 6.45) is 3.13. The minimum Gasteiger partial charge on any atom is -0.310 e. The van der Waals surface area contributed by atoms with Crippen LogP contribution in [0.25, 0.3) is 0 Å². The summed E-state index contributed by atoms with van der Waals surface area (Å²) in [5.41, 5.74) is 0.492. The SMILES string of the molecule is Br.N=c1ncccn1CC(=O)c1ccc(Cl)c(Cl)c1. The second-order valence-electron chi connectivity index (χ2n) is 3.62. The average molecular weight is 363 g/mol. The standard InChI is InChI=1S/C12H9Cl2N3O.BrH/c13-9-3-2-8(6-10(9)14)11(18)7-17-5-1-4-16-12(17)15;/h1-6,15H,7H2;1H. The van der Waals surface area contributed by atoms with E-state index in [0.29, 0.717) is 15.6 Å². The lowest BCUT2D eigenvalue weighted by molar-refractivity contribution is 0.0969. The van der Waals surface area contributed by atoms with Gasteiger partial charge in [0.2, 0.25) is 5.62 Å². The molecule has 0 saturated carbocycles. The molecule has 1 N–H and O–H groups in total. The van der Waals surface area contributed by atoms with E-state index in [4.69, 9.17) is 28.6 Å². The van der Waals surface area contributed by atoms with Crippen LogP contribution < -0.4 is 5.62 Å². The van der Waals surface area contributed by atoms with Crippen molar-refractivity contribution in [3.8, 4) is 0 Å². The number of benzene rings is 1. The topological polar surface area (TPSA) is 58.7 Å². The zero-order valence-corrected chi connectivity index (χ0v) is 12.9. The lowest BCUT2D eigenvalue weighted by Gasteiger charge is -2.05. The molecule has 0 aliphatic carbocycles. The van der Waals surface area contributed by atoms with Crippen molar-refractivity contribution in [2.24, 2.45) is 0 Å².